The summed E-state index contributed by atoms with van der Waals surface area (Å²) >= 11 is 0. The Labute approximate surface area is 449 Å². The zero-order valence-electron chi connectivity index (χ0n) is 43.6. The van der Waals surface area contributed by atoms with Gasteiger partial charge in [-0.1, -0.05) is 90.5 Å². The standard InChI is InChI=1S/C66H52F4N6O2/c1-5-9-11-37(7-3)35-75-59-17-13-39(23-53-63(43(31-71)32-72)49-27-55(67)57(69)29-51(49)65(53)77)21-45(59)47-25-41(15-19-61(47)75)42-16-20-62-48(26-42)46-22-40(14-18-60(46)76(62)36-38(8-4)12-10-6-2)24-54-64(44(33-73)34-74)50-28-56(68)58(70)30-52(50)66(54)78/h13-30,37-38H,5-12,35-36H2,1-4H3/b53-23-,54-24-. The van der Waals surface area contributed by atoms with E-state index in [-0.39, 0.29) is 44.5 Å². The van der Waals surface area contributed by atoms with Gasteiger partial charge in [-0.15, -0.1) is 0 Å². The Morgan fingerprint density at radius 1 is 0.474 bits per heavy atom. The Bertz CT molecular complexity index is 3890. The van der Waals surface area contributed by atoms with Crippen LogP contribution in [0.5, 0.6) is 0 Å². The van der Waals surface area contributed by atoms with E-state index < -0.39 is 46.0 Å². The molecule has 0 N–H and O–H groups in total. The number of halogens is 4. The third kappa shape index (κ3) is 9.08. The number of benzene rings is 6. The van der Waals surface area contributed by atoms with Crippen molar-refractivity contribution in [2.75, 3.05) is 0 Å². The maximum absolute atomic E-state index is 14.7. The molecule has 0 radical (unpaired) electrons. The highest BCUT2D eigenvalue weighted by atomic mass is 19.2. The van der Waals surface area contributed by atoms with Crippen LogP contribution in [0.1, 0.15) is 122 Å². The van der Waals surface area contributed by atoms with Crippen LogP contribution in [0.3, 0.4) is 0 Å². The lowest BCUT2D eigenvalue weighted by Crippen LogP contribution is -2.10. The molecule has 6 aromatic carbocycles. The summed E-state index contributed by atoms with van der Waals surface area (Å²) in [6.07, 6.45) is 11.6. The molecular formula is C66H52F4N6O2. The number of aromatic nitrogens is 2. The van der Waals surface area contributed by atoms with E-state index in [0.717, 1.165) is 143 Å². The maximum atomic E-state index is 14.7. The number of hydrogen-bond acceptors (Lipinski definition) is 6. The van der Waals surface area contributed by atoms with Gasteiger partial charge in [0.2, 0.25) is 0 Å². The third-order valence-corrected chi connectivity index (χ3v) is 15.8. The summed E-state index contributed by atoms with van der Waals surface area (Å²) in [5.41, 5.74) is 5.78. The first-order chi connectivity index (χ1) is 37.8. The van der Waals surface area contributed by atoms with Gasteiger partial charge in [0, 0.05) is 90.1 Å². The molecule has 0 bridgehead atoms. The molecule has 2 aliphatic rings. The molecule has 12 heteroatoms. The number of fused-ring (bicyclic) bond motifs is 8. The number of nitrogens with zero attached hydrogens (tertiary/aromatic N) is 6. The summed E-state index contributed by atoms with van der Waals surface area (Å²) in [5, 5.41) is 43.6. The predicted octanol–water partition coefficient (Wildman–Crippen LogP) is 16.7. The molecule has 2 aromatic heterocycles. The van der Waals surface area contributed by atoms with E-state index in [9.17, 15) is 48.2 Å². The summed E-state index contributed by atoms with van der Waals surface area (Å²) in [4.78, 5) is 27.9. The molecule has 2 atom stereocenters. The monoisotopic (exact) mass is 1040 g/mol. The van der Waals surface area contributed by atoms with Gasteiger partial charge in [-0.05, 0) is 143 Å². The normalized spacial score (nSPS) is 14.8. The van der Waals surface area contributed by atoms with Crippen molar-refractivity contribution in [3.63, 3.8) is 0 Å². The van der Waals surface area contributed by atoms with Crippen LogP contribution in [-0.2, 0) is 13.1 Å². The van der Waals surface area contributed by atoms with Gasteiger partial charge in [-0.3, -0.25) is 9.59 Å². The number of rotatable bonds is 15. The highest BCUT2D eigenvalue weighted by Crippen LogP contribution is 2.44. The van der Waals surface area contributed by atoms with E-state index in [0.29, 0.717) is 23.0 Å². The topological polar surface area (TPSA) is 139 Å². The Hall–Kier alpha value is -9.10. The summed E-state index contributed by atoms with van der Waals surface area (Å²) < 4.78 is 63.2. The molecule has 0 aliphatic heterocycles. The number of carbonyl (C=O) groups excluding carboxylic acids is 2. The van der Waals surface area contributed by atoms with Crippen LogP contribution in [0.25, 0.3) is 78.0 Å². The SMILES string of the molecule is CCCCC(CC)Cn1c2ccc(/C=C3\C(=O)c4cc(F)c(F)cc4C3=C(C#N)C#N)cc2c2cc(-c3ccc4c(c3)c3cc(/C=C5\C(=O)c6cc(F)c(F)cc6C5=C(C#N)C#N)ccc3n4CC(CC)CCCC)ccc21. The molecule has 2 aliphatic carbocycles. The molecule has 0 fully saturated rings. The van der Waals surface area contributed by atoms with Gasteiger partial charge in [0.1, 0.15) is 35.4 Å². The van der Waals surface area contributed by atoms with Crippen LogP contribution in [-0.4, -0.2) is 20.7 Å². The molecule has 386 valence electrons. The van der Waals surface area contributed by atoms with E-state index in [4.69, 9.17) is 0 Å². The summed E-state index contributed by atoms with van der Waals surface area (Å²) in [5.74, 6) is -5.28. The molecule has 8 aromatic rings. The number of unbranched alkanes of at least 4 members (excludes halogenated alkanes) is 2. The van der Waals surface area contributed by atoms with Crippen LogP contribution in [0, 0.1) is 80.4 Å². The first-order valence-electron chi connectivity index (χ1n) is 26.5. The van der Waals surface area contributed by atoms with E-state index in [1.165, 1.54) is 0 Å². The molecule has 2 unspecified atom stereocenters. The van der Waals surface area contributed by atoms with Crippen molar-refractivity contribution in [1.82, 2.24) is 9.13 Å². The van der Waals surface area contributed by atoms with Crippen LogP contribution in [0.2, 0.25) is 0 Å². The quantitative estimate of drug-likeness (QED) is 0.0569. The summed E-state index contributed by atoms with van der Waals surface area (Å²) in [6.45, 7) is 10.3. The predicted molar refractivity (Wildman–Crippen MR) is 298 cm³/mol. The van der Waals surface area contributed by atoms with Gasteiger partial charge in [-0.2, -0.15) is 21.0 Å². The van der Waals surface area contributed by atoms with E-state index >= 15 is 0 Å². The smallest absolute Gasteiger partial charge is 0.194 e. The Kier molecular flexibility index (Phi) is 14.4. The lowest BCUT2D eigenvalue weighted by Gasteiger charge is -2.18. The van der Waals surface area contributed by atoms with Gasteiger partial charge in [-0.25, -0.2) is 17.6 Å². The highest BCUT2D eigenvalue weighted by Gasteiger charge is 2.36. The van der Waals surface area contributed by atoms with Crippen molar-refractivity contribution in [3.05, 3.63) is 176 Å². The van der Waals surface area contributed by atoms with Gasteiger partial charge < -0.3 is 9.13 Å². The molecule has 10 rings (SSSR count). The fourth-order valence-electron chi connectivity index (χ4n) is 11.6. The van der Waals surface area contributed by atoms with E-state index in [2.05, 4.69) is 73.2 Å². The second kappa shape index (κ2) is 21.5. The Morgan fingerprint density at radius 3 is 1.14 bits per heavy atom. The minimum absolute atomic E-state index is 0.0124. The Morgan fingerprint density at radius 2 is 0.808 bits per heavy atom. The van der Waals surface area contributed by atoms with Crippen molar-refractivity contribution in [3.8, 4) is 35.4 Å². The summed E-state index contributed by atoms with van der Waals surface area (Å²) in [6, 6.07) is 35.2. The van der Waals surface area contributed by atoms with Crippen LogP contribution in [0.4, 0.5) is 17.6 Å². The average Bonchev–Trinajstić information content (AvgIpc) is 4.23. The van der Waals surface area contributed by atoms with Crippen LogP contribution in [0.15, 0.2) is 119 Å². The molecule has 78 heavy (non-hydrogen) atoms. The maximum Gasteiger partial charge on any atom is 0.194 e. The van der Waals surface area contributed by atoms with Crippen molar-refractivity contribution in [1.29, 1.82) is 21.0 Å². The lowest BCUT2D eigenvalue weighted by molar-refractivity contribution is 0.103. The number of allylic oxidation sites excluding steroid dienone is 6. The van der Waals surface area contributed by atoms with Gasteiger partial charge >= 0.3 is 0 Å². The molecular weight excluding hydrogens is 985 g/mol. The molecule has 0 saturated carbocycles. The molecule has 0 saturated heterocycles. The first kappa shape index (κ1) is 52.3. The van der Waals surface area contributed by atoms with Gasteiger partial charge in [0.15, 0.2) is 34.8 Å². The second-order valence-corrected chi connectivity index (χ2v) is 20.4. The number of ketones is 2. The molecule has 8 nitrogen and oxygen atoms in total. The van der Waals surface area contributed by atoms with E-state index in [1.807, 2.05) is 60.7 Å². The van der Waals surface area contributed by atoms with E-state index in [1.54, 1.807) is 12.2 Å². The van der Waals surface area contributed by atoms with Crippen LogP contribution >= 0.6 is 0 Å². The van der Waals surface area contributed by atoms with Crippen molar-refractivity contribution < 1.29 is 27.2 Å². The minimum Gasteiger partial charge on any atom is -0.340 e. The Balaban J connectivity index is 1.15. The number of carbonyl (C=O) groups is 2. The number of Topliss-reactive ketones (excluding diaryl/α,β-unsaturated/α-hetero) is 2. The third-order valence-electron chi connectivity index (χ3n) is 15.8. The van der Waals surface area contributed by atoms with Crippen molar-refractivity contribution in [2.24, 2.45) is 11.8 Å². The highest BCUT2D eigenvalue weighted by molar-refractivity contribution is 6.31. The molecule has 0 spiro atoms. The zero-order chi connectivity index (χ0) is 55.1. The number of hydrogen-bond donors (Lipinski definition) is 0. The largest absolute Gasteiger partial charge is 0.340 e. The lowest BCUT2D eigenvalue weighted by atomic mass is 9.97. The minimum atomic E-state index is -1.21. The fourth-order valence-corrected chi connectivity index (χ4v) is 11.6. The van der Waals surface area contributed by atoms with Crippen molar-refractivity contribution >= 4 is 78.5 Å². The van der Waals surface area contributed by atoms with Gasteiger partial charge in [0.25, 0.3) is 0 Å². The first-order valence-corrected chi connectivity index (χ1v) is 26.5. The second-order valence-electron chi connectivity index (χ2n) is 20.4. The number of nitriles is 4. The summed E-state index contributed by atoms with van der Waals surface area (Å²) in [7, 11) is 0. The zero-order valence-corrected chi connectivity index (χ0v) is 43.6. The van der Waals surface area contributed by atoms with Crippen LogP contribution < -0.4 is 0 Å². The van der Waals surface area contributed by atoms with Gasteiger partial charge in [0.05, 0.1) is 0 Å². The average molecular weight is 1040 g/mol. The molecule has 2 heterocycles. The van der Waals surface area contributed by atoms with Crippen molar-refractivity contribution in [2.45, 2.75) is 92.2 Å². The molecule has 0 amide bonds. The fraction of sp³-hybridized carbons (Fsp3) is 0.242.